The van der Waals surface area contributed by atoms with Crippen molar-refractivity contribution in [2.45, 2.75) is 13.5 Å². The van der Waals surface area contributed by atoms with Gasteiger partial charge in [0.2, 0.25) is 0 Å². The monoisotopic (exact) mass is 319 g/mol. The number of aryl methyl sites for hydroxylation is 1. The number of benzene rings is 1. The first-order valence-electron chi connectivity index (χ1n) is 6.48. The minimum absolute atomic E-state index is 0.283. The van der Waals surface area contributed by atoms with Crippen molar-refractivity contribution in [1.29, 1.82) is 0 Å². The molecule has 1 aromatic carbocycles. The Kier molecular flexibility index (Phi) is 3.94. The van der Waals surface area contributed by atoms with Crippen LogP contribution in [0.15, 0.2) is 29.6 Å². The Hall–Kier alpha value is -1.85. The number of halogens is 1. The fourth-order valence-electron chi connectivity index (χ4n) is 2.02. The van der Waals surface area contributed by atoms with Gasteiger partial charge in [-0.15, -0.1) is 11.3 Å². The highest BCUT2D eigenvalue weighted by Gasteiger charge is 2.09. The molecule has 0 saturated heterocycles. The van der Waals surface area contributed by atoms with Crippen molar-refractivity contribution in [2.24, 2.45) is 0 Å². The quantitative estimate of drug-likeness (QED) is 0.780. The van der Waals surface area contributed by atoms with E-state index in [0.717, 1.165) is 21.6 Å². The Bertz CT molecular complexity index is 788. The molecule has 0 fully saturated rings. The van der Waals surface area contributed by atoms with Crippen molar-refractivity contribution in [3.05, 3.63) is 46.1 Å². The molecule has 2 aromatic heterocycles. The number of anilines is 1. The van der Waals surface area contributed by atoms with Crippen molar-refractivity contribution in [1.82, 2.24) is 9.97 Å². The van der Waals surface area contributed by atoms with E-state index < -0.39 is 0 Å². The Morgan fingerprint density at radius 1 is 1.29 bits per heavy atom. The molecule has 3 rings (SSSR count). The van der Waals surface area contributed by atoms with Gasteiger partial charge in [0, 0.05) is 7.05 Å². The predicted octanol–water partition coefficient (Wildman–Crippen LogP) is 4.27. The summed E-state index contributed by atoms with van der Waals surface area (Å²) in [6.07, 6.45) is 0. The van der Waals surface area contributed by atoms with Gasteiger partial charge in [0.15, 0.2) is 5.82 Å². The maximum absolute atomic E-state index is 6.12. The highest BCUT2D eigenvalue weighted by Crippen LogP contribution is 2.27. The second-order valence-corrected chi connectivity index (χ2v) is 5.90. The number of ether oxygens (including phenoxy) is 1. The van der Waals surface area contributed by atoms with Gasteiger partial charge in [-0.3, -0.25) is 0 Å². The number of rotatable bonds is 4. The Balaban J connectivity index is 1.86. The van der Waals surface area contributed by atoms with Gasteiger partial charge in [0.05, 0.1) is 10.4 Å². The van der Waals surface area contributed by atoms with Crippen LogP contribution in [0.25, 0.3) is 10.2 Å². The molecule has 0 atom stereocenters. The molecule has 0 saturated carbocycles. The van der Waals surface area contributed by atoms with E-state index in [1.165, 1.54) is 0 Å². The van der Waals surface area contributed by atoms with Crippen molar-refractivity contribution in [2.75, 3.05) is 12.4 Å². The summed E-state index contributed by atoms with van der Waals surface area (Å²) in [7, 11) is 1.85. The van der Waals surface area contributed by atoms with E-state index in [-0.39, 0.29) is 6.61 Å². The molecule has 108 valence electrons. The summed E-state index contributed by atoms with van der Waals surface area (Å²) in [5, 5.41) is 6.71. The molecular formula is C15H14ClN3OS. The number of nitrogens with zero attached hydrogens (tertiary/aromatic N) is 2. The Morgan fingerprint density at radius 2 is 2.14 bits per heavy atom. The maximum Gasteiger partial charge on any atom is 0.169 e. The number of fused-ring (bicyclic) bond motifs is 1. The van der Waals surface area contributed by atoms with Crippen LogP contribution < -0.4 is 10.1 Å². The molecule has 0 aliphatic rings. The van der Waals surface area contributed by atoms with Crippen molar-refractivity contribution in [3.63, 3.8) is 0 Å². The van der Waals surface area contributed by atoms with Gasteiger partial charge in [0.1, 0.15) is 23.0 Å². The Morgan fingerprint density at radius 3 is 2.95 bits per heavy atom. The third kappa shape index (κ3) is 2.94. The molecule has 21 heavy (non-hydrogen) atoms. The lowest BCUT2D eigenvalue weighted by Gasteiger charge is -2.09. The average molecular weight is 320 g/mol. The third-order valence-corrected chi connectivity index (χ3v) is 4.17. The van der Waals surface area contributed by atoms with Gasteiger partial charge in [-0.1, -0.05) is 17.7 Å². The fraction of sp³-hybridized carbons (Fsp3) is 0.200. The lowest BCUT2D eigenvalue weighted by Crippen LogP contribution is -2.04. The molecule has 0 aliphatic heterocycles. The number of hydrogen-bond acceptors (Lipinski definition) is 5. The average Bonchev–Trinajstić information content (AvgIpc) is 2.95. The van der Waals surface area contributed by atoms with Crippen LogP contribution in [0.3, 0.4) is 0 Å². The molecule has 0 bridgehead atoms. The molecule has 1 N–H and O–H groups in total. The molecule has 0 aliphatic carbocycles. The second-order valence-electron chi connectivity index (χ2n) is 4.60. The van der Waals surface area contributed by atoms with Crippen LogP contribution in [0.1, 0.15) is 11.4 Å². The standard InChI is InChI=1S/C15H14ClN3OS/c1-9-3-4-11(16)12(7-9)20-8-13-18-14(17-2)10-5-6-21-15(10)19-13/h3-7H,8H2,1-2H3,(H,17,18,19). The van der Waals surface area contributed by atoms with Crippen LogP contribution in [0.2, 0.25) is 5.02 Å². The van der Waals surface area contributed by atoms with Crippen molar-refractivity contribution in [3.8, 4) is 5.75 Å². The van der Waals surface area contributed by atoms with Crippen LogP contribution in [0, 0.1) is 6.92 Å². The van der Waals surface area contributed by atoms with Crippen molar-refractivity contribution < 1.29 is 4.74 Å². The van der Waals surface area contributed by atoms with Crippen LogP contribution in [-0.2, 0) is 6.61 Å². The topological polar surface area (TPSA) is 47.0 Å². The van der Waals surface area contributed by atoms with Gasteiger partial charge in [-0.25, -0.2) is 9.97 Å². The van der Waals surface area contributed by atoms with Gasteiger partial charge in [-0.2, -0.15) is 0 Å². The van der Waals surface area contributed by atoms with Gasteiger partial charge >= 0.3 is 0 Å². The summed E-state index contributed by atoms with van der Waals surface area (Å²) in [5.74, 6) is 2.10. The van der Waals surface area contributed by atoms with E-state index in [4.69, 9.17) is 16.3 Å². The van der Waals surface area contributed by atoms with Crippen LogP contribution >= 0.6 is 22.9 Å². The highest BCUT2D eigenvalue weighted by molar-refractivity contribution is 7.16. The maximum atomic E-state index is 6.12. The highest BCUT2D eigenvalue weighted by atomic mass is 35.5. The molecule has 0 spiro atoms. The van der Waals surface area contributed by atoms with Crippen LogP contribution in [0.5, 0.6) is 5.75 Å². The van der Waals surface area contributed by atoms with E-state index >= 15 is 0 Å². The number of nitrogens with one attached hydrogen (secondary N) is 1. The van der Waals surface area contributed by atoms with E-state index in [0.29, 0.717) is 16.6 Å². The zero-order valence-corrected chi connectivity index (χ0v) is 13.3. The molecule has 0 unspecified atom stereocenters. The van der Waals surface area contributed by atoms with E-state index in [9.17, 15) is 0 Å². The molecule has 4 nitrogen and oxygen atoms in total. The fourth-order valence-corrected chi connectivity index (χ4v) is 2.97. The smallest absolute Gasteiger partial charge is 0.169 e. The molecule has 3 aromatic rings. The molecular weight excluding hydrogens is 306 g/mol. The van der Waals surface area contributed by atoms with Crippen LogP contribution in [0.4, 0.5) is 5.82 Å². The number of hydrogen-bond donors (Lipinski definition) is 1. The minimum atomic E-state index is 0.283. The van der Waals surface area contributed by atoms with E-state index in [1.54, 1.807) is 11.3 Å². The summed E-state index contributed by atoms with van der Waals surface area (Å²) in [6.45, 7) is 2.28. The third-order valence-electron chi connectivity index (χ3n) is 3.05. The molecule has 6 heteroatoms. The van der Waals surface area contributed by atoms with Crippen LogP contribution in [-0.4, -0.2) is 17.0 Å². The largest absolute Gasteiger partial charge is 0.484 e. The summed E-state index contributed by atoms with van der Waals surface area (Å²) in [6, 6.07) is 7.69. The second kappa shape index (κ2) is 5.87. The predicted molar refractivity (Wildman–Crippen MR) is 87.5 cm³/mol. The van der Waals surface area contributed by atoms with E-state index in [1.807, 2.05) is 43.6 Å². The summed E-state index contributed by atoms with van der Waals surface area (Å²) >= 11 is 7.71. The minimum Gasteiger partial charge on any atom is -0.484 e. The zero-order valence-electron chi connectivity index (χ0n) is 11.7. The van der Waals surface area contributed by atoms with Crippen molar-refractivity contribution >= 4 is 39.0 Å². The lowest BCUT2D eigenvalue weighted by atomic mass is 10.2. The number of aromatic nitrogens is 2. The van der Waals surface area contributed by atoms with Gasteiger partial charge in [-0.05, 0) is 36.1 Å². The Labute approximate surface area is 131 Å². The SMILES string of the molecule is CNc1nc(COc2cc(C)ccc2Cl)nc2sccc12. The lowest BCUT2D eigenvalue weighted by molar-refractivity contribution is 0.296. The number of thiophene rings is 1. The molecule has 0 amide bonds. The first-order chi connectivity index (χ1) is 10.2. The molecule has 0 radical (unpaired) electrons. The summed E-state index contributed by atoms with van der Waals surface area (Å²) < 4.78 is 5.75. The first-order valence-corrected chi connectivity index (χ1v) is 7.74. The summed E-state index contributed by atoms with van der Waals surface area (Å²) in [5.41, 5.74) is 1.10. The summed E-state index contributed by atoms with van der Waals surface area (Å²) in [4.78, 5) is 9.93. The molecule has 2 heterocycles. The zero-order chi connectivity index (χ0) is 14.8. The van der Waals surface area contributed by atoms with Gasteiger partial charge in [0.25, 0.3) is 0 Å². The van der Waals surface area contributed by atoms with Gasteiger partial charge < -0.3 is 10.1 Å². The first kappa shape index (κ1) is 14.1. The normalized spacial score (nSPS) is 10.8. The van der Waals surface area contributed by atoms with E-state index in [2.05, 4.69) is 15.3 Å².